The van der Waals surface area contributed by atoms with Crippen LogP contribution in [0.3, 0.4) is 0 Å². The molecule has 6 rings (SSSR count). The summed E-state index contributed by atoms with van der Waals surface area (Å²) in [6.45, 7) is 35.4. The third kappa shape index (κ3) is 10.3. The summed E-state index contributed by atoms with van der Waals surface area (Å²) in [5, 5.41) is 22.0. The second-order valence-corrected chi connectivity index (χ2v) is 21.0. The van der Waals surface area contributed by atoms with Crippen LogP contribution in [0.5, 0.6) is 0 Å². The molecule has 0 aliphatic heterocycles. The third-order valence-electron chi connectivity index (χ3n) is 10.8. The zero-order valence-electron chi connectivity index (χ0n) is 39.2. The molecule has 0 aliphatic carbocycles. The lowest BCUT2D eigenvalue weighted by Gasteiger charge is -2.26. The number of sulfonamides is 1. The van der Waals surface area contributed by atoms with Crippen molar-refractivity contribution in [3.8, 4) is 5.13 Å². The third-order valence-corrected chi connectivity index (χ3v) is 13.5. The Balaban J connectivity index is 1.43. The molecule has 0 saturated heterocycles. The van der Waals surface area contributed by atoms with Gasteiger partial charge in [-0.3, -0.25) is 4.79 Å². The van der Waals surface area contributed by atoms with E-state index in [1.165, 1.54) is 27.6 Å². The summed E-state index contributed by atoms with van der Waals surface area (Å²) in [5.41, 5.74) is 9.32. The van der Waals surface area contributed by atoms with Crippen molar-refractivity contribution >= 4 is 77.7 Å². The molecule has 0 saturated carbocycles. The fraction of sp³-hybridized carbons (Fsp3) is 0.396. The molecule has 0 spiro atoms. The largest absolute Gasteiger partial charge is 0.463 e. The van der Waals surface area contributed by atoms with Gasteiger partial charge in [-0.1, -0.05) is 81.3 Å². The fourth-order valence-corrected chi connectivity index (χ4v) is 9.89. The first-order valence-corrected chi connectivity index (χ1v) is 23.5. The van der Waals surface area contributed by atoms with Crippen LogP contribution < -0.4 is 15.4 Å². The Morgan fingerprint density at radius 3 is 2.02 bits per heavy atom. The van der Waals surface area contributed by atoms with Crippen LogP contribution in [0, 0.1) is 61.0 Å². The highest BCUT2D eigenvalue weighted by atomic mass is 32.2. The number of aryl methyl sites for hydroxylation is 7. The molecule has 3 N–H and O–H groups in total. The first-order chi connectivity index (χ1) is 29.9. The molecule has 0 fully saturated rings. The molecular formula is C48H58N10O4S2. The molecule has 1 atom stereocenters. The number of esters is 1. The normalized spacial score (nSPS) is 12.8. The van der Waals surface area contributed by atoms with Gasteiger partial charge >= 0.3 is 5.97 Å². The van der Waals surface area contributed by atoms with E-state index in [1.54, 1.807) is 32.9 Å². The molecule has 14 nitrogen and oxygen atoms in total. The SMILES string of the molecule is [C-]#[N+]c1c(C(C)(C)C)nn(-c2nc3ccc(S(=O)(=O)NC(C)(C)COC(=O)C(C)CC)cc3s2)c1N=Nc1c(C)cc(Nc2c(C)cc(C)cc2C)nc1Nc1c(C)cc(C)cc1C. The van der Waals surface area contributed by atoms with E-state index in [-0.39, 0.29) is 34.9 Å². The average molecular weight is 903 g/mol. The number of anilines is 4. The van der Waals surface area contributed by atoms with Crippen molar-refractivity contribution in [2.24, 2.45) is 16.1 Å². The lowest BCUT2D eigenvalue weighted by molar-refractivity contribution is -0.149. The van der Waals surface area contributed by atoms with Crippen molar-refractivity contribution in [3.63, 3.8) is 0 Å². The van der Waals surface area contributed by atoms with Crippen molar-refractivity contribution in [1.82, 2.24) is 24.5 Å². The van der Waals surface area contributed by atoms with E-state index in [4.69, 9.17) is 36.6 Å². The van der Waals surface area contributed by atoms with Crippen LogP contribution in [0.4, 0.5) is 40.2 Å². The molecule has 336 valence electrons. The summed E-state index contributed by atoms with van der Waals surface area (Å²) >= 11 is 1.21. The molecule has 0 amide bonds. The summed E-state index contributed by atoms with van der Waals surface area (Å²) in [6, 6.07) is 15.1. The van der Waals surface area contributed by atoms with Gasteiger partial charge in [-0.05, 0) is 126 Å². The Bertz CT molecular complexity index is 2920. The van der Waals surface area contributed by atoms with Gasteiger partial charge in [-0.25, -0.2) is 28.0 Å². The molecule has 0 radical (unpaired) electrons. The Morgan fingerprint density at radius 1 is 0.859 bits per heavy atom. The number of carbonyl (C=O) groups excluding carboxylic acids is 1. The van der Waals surface area contributed by atoms with Crippen LogP contribution >= 0.6 is 11.3 Å². The number of thiazole rings is 1. The number of rotatable bonds is 14. The fourth-order valence-electron chi connectivity index (χ4n) is 7.44. The van der Waals surface area contributed by atoms with Crippen LogP contribution in [0.2, 0.25) is 0 Å². The summed E-state index contributed by atoms with van der Waals surface area (Å²) in [7, 11) is -4.05. The van der Waals surface area contributed by atoms with E-state index in [9.17, 15) is 13.2 Å². The molecule has 3 aromatic carbocycles. The predicted octanol–water partition coefficient (Wildman–Crippen LogP) is 12.4. The van der Waals surface area contributed by atoms with Crippen LogP contribution in [0.15, 0.2) is 63.7 Å². The summed E-state index contributed by atoms with van der Waals surface area (Å²) in [6.07, 6.45) is 0.617. The quantitative estimate of drug-likeness (QED) is 0.0547. The van der Waals surface area contributed by atoms with E-state index in [2.05, 4.69) is 72.2 Å². The van der Waals surface area contributed by atoms with Crippen LogP contribution in [0.1, 0.15) is 99.5 Å². The van der Waals surface area contributed by atoms with Crippen LogP contribution in [-0.2, 0) is 25.0 Å². The average Bonchev–Trinajstić information content (AvgIpc) is 3.80. The van der Waals surface area contributed by atoms with Crippen LogP contribution in [-0.4, -0.2) is 46.3 Å². The Kier molecular flexibility index (Phi) is 13.5. The summed E-state index contributed by atoms with van der Waals surface area (Å²) < 4.78 is 37.6. The minimum atomic E-state index is -4.05. The lowest BCUT2D eigenvalue weighted by Crippen LogP contribution is -2.47. The highest BCUT2D eigenvalue weighted by Gasteiger charge is 2.31. The first-order valence-electron chi connectivity index (χ1n) is 21.2. The van der Waals surface area contributed by atoms with Gasteiger partial charge in [-0.15, -0.1) is 10.2 Å². The number of nitrogens with zero attached hydrogens (tertiary/aromatic N) is 7. The maximum absolute atomic E-state index is 13.7. The van der Waals surface area contributed by atoms with Gasteiger partial charge in [0.1, 0.15) is 18.1 Å². The van der Waals surface area contributed by atoms with Gasteiger partial charge in [0, 0.05) is 11.4 Å². The number of pyridine rings is 1. The Morgan fingerprint density at radius 2 is 1.45 bits per heavy atom. The smallest absolute Gasteiger partial charge is 0.308 e. The van der Waals surface area contributed by atoms with E-state index in [0.717, 1.165) is 44.8 Å². The minimum Gasteiger partial charge on any atom is -0.463 e. The van der Waals surface area contributed by atoms with Crippen molar-refractivity contribution in [1.29, 1.82) is 0 Å². The number of carbonyl (C=O) groups is 1. The zero-order valence-corrected chi connectivity index (χ0v) is 40.8. The Hall–Kier alpha value is -6.02. The van der Waals surface area contributed by atoms with Crippen molar-refractivity contribution in [2.45, 2.75) is 119 Å². The van der Waals surface area contributed by atoms with E-state index < -0.39 is 21.0 Å². The second kappa shape index (κ2) is 18.2. The number of ether oxygens (including phenoxy) is 1. The maximum atomic E-state index is 13.7. The zero-order chi connectivity index (χ0) is 47.1. The number of nitrogens with one attached hydrogen (secondary N) is 3. The van der Waals surface area contributed by atoms with Gasteiger partial charge in [0.15, 0.2) is 11.6 Å². The van der Waals surface area contributed by atoms with Gasteiger partial charge in [0.05, 0.1) is 38.8 Å². The van der Waals surface area contributed by atoms with Gasteiger partial charge in [0.25, 0.3) is 5.69 Å². The lowest BCUT2D eigenvalue weighted by atomic mass is 9.91. The first kappa shape index (κ1) is 47.5. The minimum absolute atomic E-state index is 0.0156. The molecule has 3 aromatic heterocycles. The summed E-state index contributed by atoms with van der Waals surface area (Å²) in [4.78, 5) is 26.2. The summed E-state index contributed by atoms with van der Waals surface area (Å²) in [5.74, 6) is 0.585. The molecule has 6 aromatic rings. The highest BCUT2D eigenvalue weighted by Crippen LogP contribution is 2.44. The second-order valence-electron chi connectivity index (χ2n) is 18.3. The molecule has 3 heterocycles. The highest BCUT2D eigenvalue weighted by molar-refractivity contribution is 7.89. The number of hydrogen-bond acceptors (Lipinski definition) is 12. The molecule has 16 heteroatoms. The predicted molar refractivity (Wildman–Crippen MR) is 258 cm³/mol. The van der Waals surface area contributed by atoms with E-state index in [1.807, 2.05) is 54.5 Å². The van der Waals surface area contributed by atoms with Crippen molar-refractivity contribution in [2.75, 3.05) is 17.2 Å². The van der Waals surface area contributed by atoms with Crippen LogP contribution in [0.25, 0.3) is 20.2 Å². The number of aromatic nitrogens is 4. The van der Waals surface area contributed by atoms with Gasteiger partial charge in [-0.2, -0.15) is 9.78 Å². The monoisotopic (exact) mass is 902 g/mol. The van der Waals surface area contributed by atoms with Crippen molar-refractivity contribution < 1.29 is 17.9 Å². The number of fused-ring (bicyclic) bond motifs is 1. The van der Waals surface area contributed by atoms with Crippen molar-refractivity contribution in [3.05, 3.63) is 105 Å². The maximum Gasteiger partial charge on any atom is 0.308 e. The molecular weight excluding hydrogens is 845 g/mol. The molecule has 1 unspecified atom stereocenters. The topological polar surface area (TPSA) is 169 Å². The Labute approximate surface area is 380 Å². The van der Waals surface area contributed by atoms with Gasteiger partial charge in [0.2, 0.25) is 15.2 Å². The molecule has 64 heavy (non-hydrogen) atoms. The number of hydrogen-bond donors (Lipinski definition) is 3. The number of azo groups is 1. The number of benzene rings is 3. The standard InChI is InChI=1S/C48H58N10O4S2/c1-16-28(4)45(59)62-25-48(13,14)57-64(60,61)34-17-18-35-36(24-34)63-46(50-35)58-44(41(49-15)42(56-58)47(10,11)12)55-54-40-33(9)23-37(51-38-29(5)19-26(2)20-30(38)6)52-43(40)53-39-31(7)21-27(3)22-32(39)8/h17-24,28,57H,16,25H2,1-14H3,(H2,51,52,53). The molecule has 0 bridgehead atoms. The van der Waals surface area contributed by atoms with E-state index in [0.29, 0.717) is 44.8 Å². The van der Waals surface area contributed by atoms with Gasteiger partial charge < -0.3 is 15.4 Å². The molecule has 0 aliphatic rings. The van der Waals surface area contributed by atoms with E-state index >= 15 is 0 Å².